The number of carboxylic acid groups (broad SMARTS) is 1. The molecule has 4 heteroatoms. The molecule has 0 fully saturated rings. The van der Waals surface area contributed by atoms with Gasteiger partial charge < -0.3 is 10.8 Å². The van der Waals surface area contributed by atoms with E-state index >= 15 is 0 Å². The Morgan fingerprint density at radius 1 is 1.57 bits per heavy atom. The molecule has 0 amide bonds. The fourth-order valence-electron chi connectivity index (χ4n) is 1.27. The first-order chi connectivity index (χ1) is 6.49. The molecular weight excluding hydrogens is 293 g/mol. The highest BCUT2D eigenvalue weighted by Gasteiger charge is 2.12. The number of aliphatic carboxylic acids is 1. The van der Waals surface area contributed by atoms with Crippen LogP contribution in [0.15, 0.2) is 18.2 Å². The van der Waals surface area contributed by atoms with Crippen LogP contribution in [0, 0.1) is 10.5 Å². The summed E-state index contributed by atoms with van der Waals surface area (Å²) in [6, 6.07) is 5.14. The van der Waals surface area contributed by atoms with Crippen LogP contribution >= 0.6 is 22.6 Å². The van der Waals surface area contributed by atoms with Crippen molar-refractivity contribution in [2.75, 3.05) is 0 Å². The van der Waals surface area contributed by atoms with Gasteiger partial charge in [0.05, 0.1) is 0 Å². The molecule has 0 aliphatic rings. The van der Waals surface area contributed by atoms with Gasteiger partial charge >= 0.3 is 5.97 Å². The minimum atomic E-state index is -0.957. The van der Waals surface area contributed by atoms with Gasteiger partial charge in [-0.05, 0) is 59.2 Å². The maximum absolute atomic E-state index is 10.5. The summed E-state index contributed by atoms with van der Waals surface area (Å²) in [5, 5.41) is 8.66. The summed E-state index contributed by atoms with van der Waals surface area (Å²) in [6.45, 7) is 1.98. The van der Waals surface area contributed by atoms with Gasteiger partial charge in [0.2, 0.25) is 0 Å². The van der Waals surface area contributed by atoms with Gasteiger partial charge in [0.1, 0.15) is 6.04 Å². The van der Waals surface area contributed by atoms with Gasteiger partial charge in [-0.3, -0.25) is 4.79 Å². The van der Waals surface area contributed by atoms with E-state index in [9.17, 15) is 4.79 Å². The zero-order valence-corrected chi connectivity index (χ0v) is 9.98. The zero-order valence-electron chi connectivity index (χ0n) is 7.83. The second kappa shape index (κ2) is 4.75. The van der Waals surface area contributed by atoms with E-state index in [2.05, 4.69) is 22.6 Å². The Hall–Kier alpha value is -0.620. The molecule has 1 atom stereocenters. The van der Waals surface area contributed by atoms with Crippen LogP contribution in [0.5, 0.6) is 0 Å². The second-order valence-electron chi connectivity index (χ2n) is 3.29. The van der Waals surface area contributed by atoms with Crippen molar-refractivity contribution in [3.63, 3.8) is 0 Å². The summed E-state index contributed by atoms with van der Waals surface area (Å²) >= 11 is 2.21. The Bertz CT molecular complexity index is 332. The molecule has 1 unspecified atom stereocenters. The highest BCUT2D eigenvalue weighted by molar-refractivity contribution is 14.1. The van der Waals surface area contributed by atoms with Gasteiger partial charge in [-0.25, -0.2) is 0 Å². The summed E-state index contributed by atoms with van der Waals surface area (Å²) in [4.78, 5) is 10.5. The molecule has 1 aromatic rings. The molecule has 76 valence electrons. The predicted octanol–water partition coefficient (Wildman–Crippen LogP) is 1.55. The summed E-state index contributed by atoms with van der Waals surface area (Å²) in [5.74, 6) is -0.957. The van der Waals surface area contributed by atoms with Gasteiger partial charge in [-0.15, -0.1) is 0 Å². The van der Waals surface area contributed by atoms with Crippen LogP contribution in [0.2, 0.25) is 0 Å². The van der Waals surface area contributed by atoms with Crippen LogP contribution in [0.3, 0.4) is 0 Å². The third-order valence-corrected chi connectivity index (χ3v) is 2.50. The molecule has 1 aromatic carbocycles. The molecule has 0 bridgehead atoms. The highest BCUT2D eigenvalue weighted by atomic mass is 127. The van der Waals surface area contributed by atoms with E-state index in [1.807, 2.05) is 25.1 Å². The molecule has 0 radical (unpaired) electrons. The average Bonchev–Trinajstić information content (AvgIpc) is 2.01. The lowest BCUT2D eigenvalue weighted by atomic mass is 10.0. The number of aryl methyl sites for hydroxylation is 1. The third kappa shape index (κ3) is 3.26. The summed E-state index contributed by atoms with van der Waals surface area (Å²) in [6.07, 6.45) is 0.382. The molecule has 0 heterocycles. The van der Waals surface area contributed by atoms with Crippen LogP contribution < -0.4 is 5.73 Å². The van der Waals surface area contributed by atoms with Crippen molar-refractivity contribution in [1.29, 1.82) is 0 Å². The Labute approximate surface area is 96.4 Å². The Morgan fingerprint density at radius 2 is 2.21 bits per heavy atom. The number of benzene rings is 1. The van der Waals surface area contributed by atoms with Crippen molar-refractivity contribution in [3.05, 3.63) is 32.9 Å². The highest BCUT2D eigenvalue weighted by Crippen LogP contribution is 2.13. The maximum Gasteiger partial charge on any atom is 0.320 e. The van der Waals surface area contributed by atoms with Crippen LogP contribution in [-0.2, 0) is 11.2 Å². The Kier molecular flexibility index (Phi) is 3.88. The molecule has 0 aliphatic heterocycles. The van der Waals surface area contributed by atoms with Gasteiger partial charge in [0, 0.05) is 3.57 Å². The number of carboxylic acids is 1. The maximum atomic E-state index is 10.5. The molecular formula is C10H12INO2. The van der Waals surface area contributed by atoms with Crippen molar-refractivity contribution < 1.29 is 9.90 Å². The molecule has 0 saturated carbocycles. The topological polar surface area (TPSA) is 63.3 Å². The minimum absolute atomic E-state index is 0.382. The second-order valence-corrected chi connectivity index (χ2v) is 4.53. The minimum Gasteiger partial charge on any atom is -0.480 e. The monoisotopic (exact) mass is 305 g/mol. The van der Waals surface area contributed by atoms with E-state index < -0.39 is 12.0 Å². The first-order valence-electron chi connectivity index (χ1n) is 4.23. The van der Waals surface area contributed by atoms with E-state index in [-0.39, 0.29) is 0 Å². The van der Waals surface area contributed by atoms with Crippen LogP contribution in [0.4, 0.5) is 0 Å². The fraction of sp³-hybridized carbons (Fsp3) is 0.300. The van der Waals surface area contributed by atoms with Crippen LogP contribution in [-0.4, -0.2) is 17.1 Å². The largest absolute Gasteiger partial charge is 0.480 e. The molecule has 14 heavy (non-hydrogen) atoms. The quantitative estimate of drug-likeness (QED) is 0.833. The molecule has 3 N–H and O–H groups in total. The number of nitrogens with two attached hydrogens (primary N) is 1. The van der Waals surface area contributed by atoms with Crippen LogP contribution in [0.1, 0.15) is 11.1 Å². The van der Waals surface area contributed by atoms with E-state index in [1.165, 1.54) is 0 Å². The van der Waals surface area contributed by atoms with Crippen molar-refractivity contribution in [2.24, 2.45) is 5.73 Å². The van der Waals surface area contributed by atoms with Gasteiger partial charge in [-0.1, -0.05) is 6.07 Å². The fourth-order valence-corrected chi connectivity index (χ4v) is 2.16. The normalized spacial score (nSPS) is 12.5. The summed E-state index contributed by atoms with van der Waals surface area (Å²) in [5.41, 5.74) is 7.55. The first-order valence-corrected chi connectivity index (χ1v) is 5.31. The van der Waals surface area contributed by atoms with Crippen molar-refractivity contribution >= 4 is 28.6 Å². The smallest absolute Gasteiger partial charge is 0.320 e. The first kappa shape index (κ1) is 11.5. The third-order valence-electron chi connectivity index (χ3n) is 1.87. The van der Waals surface area contributed by atoms with Gasteiger partial charge in [-0.2, -0.15) is 0 Å². The van der Waals surface area contributed by atoms with Crippen LogP contribution in [0.25, 0.3) is 0 Å². The van der Waals surface area contributed by atoms with E-state index in [1.54, 1.807) is 0 Å². The molecule has 3 nitrogen and oxygen atoms in total. The summed E-state index contributed by atoms with van der Waals surface area (Å²) < 4.78 is 1.11. The lowest BCUT2D eigenvalue weighted by molar-refractivity contribution is -0.138. The van der Waals surface area contributed by atoms with Crippen molar-refractivity contribution in [2.45, 2.75) is 19.4 Å². The lowest BCUT2D eigenvalue weighted by Gasteiger charge is -2.07. The number of rotatable bonds is 3. The number of hydrogen-bond acceptors (Lipinski definition) is 2. The van der Waals surface area contributed by atoms with E-state index in [0.29, 0.717) is 6.42 Å². The standard InChI is InChI=1S/C10H12INO2/c1-6-2-7(4-8(11)3-6)5-9(12)10(13)14/h2-4,9H,5,12H2,1H3,(H,13,14). The molecule has 1 rings (SSSR count). The van der Waals surface area contributed by atoms with Gasteiger partial charge in [0.15, 0.2) is 0 Å². The summed E-state index contributed by atoms with van der Waals surface area (Å²) in [7, 11) is 0. The average molecular weight is 305 g/mol. The van der Waals surface area contributed by atoms with E-state index in [4.69, 9.17) is 10.8 Å². The number of hydrogen-bond donors (Lipinski definition) is 2. The molecule has 0 spiro atoms. The van der Waals surface area contributed by atoms with E-state index in [0.717, 1.165) is 14.7 Å². The number of halogens is 1. The van der Waals surface area contributed by atoms with Crippen molar-refractivity contribution in [1.82, 2.24) is 0 Å². The number of carbonyl (C=O) groups is 1. The van der Waals surface area contributed by atoms with Gasteiger partial charge in [0.25, 0.3) is 0 Å². The zero-order chi connectivity index (χ0) is 10.7. The SMILES string of the molecule is Cc1cc(I)cc(CC(N)C(=O)O)c1. The predicted molar refractivity (Wildman–Crippen MR) is 63.2 cm³/mol. The van der Waals surface area contributed by atoms with Crippen molar-refractivity contribution in [3.8, 4) is 0 Å². The Morgan fingerprint density at radius 3 is 2.71 bits per heavy atom. The Balaban J connectivity index is 2.81. The molecule has 0 saturated heterocycles. The lowest BCUT2D eigenvalue weighted by Crippen LogP contribution is -2.32. The molecule has 0 aromatic heterocycles. The molecule has 0 aliphatic carbocycles.